The summed E-state index contributed by atoms with van der Waals surface area (Å²) in [5.74, 6) is 0.249. The molecule has 3 heterocycles. The standard InChI is InChI=1S/C23H19N3/c1-3-7-21-17(5-1)13-19(25-21)15-20(16-9-11-24-12-10-16)23-14-18-6-2-4-8-22(18)26-23/h1-14,20,25-26H,15H2. The molecule has 126 valence electrons. The second-order valence-electron chi connectivity index (χ2n) is 6.73. The Hall–Kier alpha value is -3.33. The number of para-hydroxylation sites is 2. The fraction of sp³-hybridized carbons (Fsp3) is 0.0870. The number of nitrogens with one attached hydrogen (secondary N) is 2. The lowest BCUT2D eigenvalue weighted by Crippen LogP contribution is -2.06. The van der Waals surface area contributed by atoms with Crippen LogP contribution in [0.4, 0.5) is 0 Å². The summed E-state index contributed by atoms with van der Waals surface area (Å²) in [6.07, 6.45) is 4.65. The lowest BCUT2D eigenvalue weighted by molar-refractivity contribution is 0.768. The van der Waals surface area contributed by atoms with Crippen LogP contribution in [0.1, 0.15) is 22.9 Å². The predicted molar refractivity (Wildman–Crippen MR) is 106 cm³/mol. The summed E-state index contributed by atoms with van der Waals surface area (Å²) in [5.41, 5.74) is 6.11. The van der Waals surface area contributed by atoms with Crippen LogP contribution >= 0.6 is 0 Å². The third kappa shape index (κ3) is 2.68. The van der Waals surface area contributed by atoms with Gasteiger partial charge in [0.2, 0.25) is 0 Å². The number of benzene rings is 2. The number of pyridine rings is 1. The quantitative estimate of drug-likeness (QED) is 0.452. The minimum atomic E-state index is 0.249. The maximum atomic E-state index is 4.19. The maximum absolute atomic E-state index is 4.19. The molecule has 1 unspecified atom stereocenters. The molecule has 0 aliphatic rings. The summed E-state index contributed by atoms with van der Waals surface area (Å²) < 4.78 is 0. The number of H-pyrrole nitrogens is 2. The Morgan fingerprint density at radius 3 is 2.08 bits per heavy atom. The summed E-state index contributed by atoms with van der Waals surface area (Å²) >= 11 is 0. The minimum Gasteiger partial charge on any atom is -0.358 e. The molecule has 3 aromatic heterocycles. The molecule has 1 atom stereocenters. The van der Waals surface area contributed by atoms with Gasteiger partial charge >= 0.3 is 0 Å². The van der Waals surface area contributed by atoms with Gasteiger partial charge in [0.15, 0.2) is 0 Å². The van der Waals surface area contributed by atoms with Crippen LogP contribution < -0.4 is 0 Å². The summed E-state index contributed by atoms with van der Waals surface area (Å²) in [7, 11) is 0. The number of rotatable bonds is 4. The first-order valence-corrected chi connectivity index (χ1v) is 8.91. The summed E-state index contributed by atoms with van der Waals surface area (Å²) in [6.45, 7) is 0. The monoisotopic (exact) mass is 337 g/mol. The molecule has 26 heavy (non-hydrogen) atoms. The van der Waals surface area contributed by atoms with E-state index in [0.29, 0.717) is 0 Å². The number of aromatic nitrogens is 3. The number of nitrogens with zero attached hydrogens (tertiary/aromatic N) is 1. The molecular weight excluding hydrogens is 318 g/mol. The highest BCUT2D eigenvalue weighted by Gasteiger charge is 2.18. The first-order valence-electron chi connectivity index (χ1n) is 8.91. The van der Waals surface area contributed by atoms with Crippen molar-refractivity contribution in [2.45, 2.75) is 12.3 Å². The van der Waals surface area contributed by atoms with E-state index in [0.717, 1.165) is 6.42 Å². The second kappa shape index (κ2) is 6.19. The van der Waals surface area contributed by atoms with Gasteiger partial charge in [-0.15, -0.1) is 0 Å². The van der Waals surface area contributed by atoms with E-state index < -0.39 is 0 Å². The van der Waals surface area contributed by atoms with E-state index in [9.17, 15) is 0 Å². The van der Waals surface area contributed by atoms with Gasteiger partial charge in [-0.25, -0.2) is 0 Å². The first-order chi connectivity index (χ1) is 12.9. The second-order valence-corrected chi connectivity index (χ2v) is 6.73. The van der Waals surface area contributed by atoms with E-state index >= 15 is 0 Å². The fourth-order valence-electron chi connectivity index (χ4n) is 3.75. The summed E-state index contributed by atoms with van der Waals surface area (Å²) in [6, 6.07) is 25.6. The van der Waals surface area contributed by atoms with Crippen LogP contribution in [0.15, 0.2) is 85.2 Å². The van der Waals surface area contributed by atoms with Gasteiger partial charge in [0.25, 0.3) is 0 Å². The van der Waals surface area contributed by atoms with Crippen molar-refractivity contribution in [3.05, 3.63) is 102 Å². The number of hydrogen-bond acceptors (Lipinski definition) is 1. The Kier molecular flexibility index (Phi) is 3.56. The van der Waals surface area contributed by atoms with E-state index in [4.69, 9.17) is 0 Å². The van der Waals surface area contributed by atoms with Gasteiger partial charge in [-0.2, -0.15) is 0 Å². The SMILES string of the molecule is c1ccc2[nH]c(CC(c3ccncc3)c3cc4ccccc4[nH]3)cc2c1. The van der Waals surface area contributed by atoms with Gasteiger partial charge in [0.05, 0.1) is 0 Å². The Bertz CT molecular complexity index is 1100. The van der Waals surface area contributed by atoms with E-state index in [1.165, 1.54) is 38.8 Å². The van der Waals surface area contributed by atoms with Gasteiger partial charge in [0, 0.05) is 40.7 Å². The lowest BCUT2D eigenvalue weighted by atomic mass is 9.92. The topological polar surface area (TPSA) is 44.5 Å². The van der Waals surface area contributed by atoms with Crippen LogP contribution in [-0.2, 0) is 6.42 Å². The predicted octanol–water partition coefficient (Wildman–Crippen LogP) is 5.42. The zero-order valence-electron chi connectivity index (χ0n) is 14.3. The molecule has 0 spiro atoms. The van der Waals surface area contributed by atoms with Crippen molar-refractivity contribution >= 4 is 21.8 Å². The average molecular weight is 337 g/mol. The van der Waals surface area contributed by atoms with Gasteiger partial charge in [0.1, 0.15) is 0 Å². The molecule has 0 aliphatic heterocycles. The van der Waals surface area contributed by atoms with Crippen LogP contribution in [0.3, 0.4) is 0 Å². The zero-order valence-corrected chi connectivity index (χ0v) is 14.3. The summed E-state index contributed by atoms with van der Waals surface area (Å²) in [4.78, 5) is 11.4. The number of aromatic amines is 2. The molecule has 0 fully saturated rings. The smallest absolute Gasteiger partial charge is 0.0456 e. The van der Waals surface area contributed by atoms with Gasteiger partial charge in [-0.05, 0) is 59.2 Å². The average Bonchev–Trinajstić information content (AvgIpc) is 3.30. The molecule has 5 aromatic rings. The van der Waals surface area contributed by atoms with E-state index in [-0.39, 0.29) is 5.92 Å². The third-order valence-electron chi connectivity index (χ3n) is 5.04. The highest BCUT2D eigenvalue weighted by Crippen LogP contribution is 2.31. The largest absolute Gasteiger partial charge is 0.358 e. The Labute approximate surface area is 151 Å². The van der Waals surface area contributed by atoms with Crippen LogP contribution in [0.5, 0.6) is 0 Å². The molecule has 2 aromatic carbocycles. The molecule has 3 heteroatoms. The molecule has 2 N–H and O–H groups in total. The van der Waals surface area contributed by atoms with Crippen molar-refractivity contribution in [3.63, 3.8) is 0 Å². The number of hydrogen-bond donors (Lipinski definition) is 2. The van der Waals surface area contributed by atoms with Crippen molar-refractivity contribution in [1.82, 2.24) is 15.0 Å². The Morgan fingerprint density at radius 2 is 1.38 bits per heavy atom. The van der Waals surface area contributed by atoms with Crippen LogP contribution in [0, 0.1) is 0 Å². The normalized spacial score (nSPS) is 12.6. The van der Waals surface area contributed by atoms with Crippen LogP contribution in [-0.4, -0.2) is 15.0 Å². The fourth-order valence-corrected chi connectivity index (χ4v) is 3.75. The molecule has 0 bridgehead atoms. The van der Waals surface area contributed by atoms with Crippen molar-refractivity contribution in [2.75, 3.05) is 0 Å². The maximum Gasteiger partial charge on any atom is 0.0456 e. The van der Waals surface area contributed by atoms with Crippen molar-refractivity contribution in [2.24, 2.45) is 0 Å². The molecule has 5 rings (SSSR count). The third-order valence-corrected chi connectivity index (χ3v) is 5.04. The van der Waals surface area contributed by atoms with Gasteiger partial charge < -0.3 is 9.97 Å². The Balaban J connectivity index is 1.59. The molecule has 3 nitrogen and oxygen atoms in total. The minimum absolute atomic E-state index is 0.249. The lowest BCUT2D eigenvalue weighted by Gasteiger charge is -2.15. The first kappa shape index (κ1) is 15.0. The summed E-state index contributed by atoms with van der Waals surface area (Å²) in [5, 5.41) is 2.51. The molecule has 0 radical (unpaired) electrons. The van der Waals surface area contributed by atoms with E-state index in [1.54, 1.807) is 0 Å². The van der Waals surface area contributed by atoms with E-state index in [1.807, 2.05) is 12.4 Å². The van der Waals surface area contributed by atoms with Crippen molar-refractivity contribution in [1.29, 1.82) is 0 Å². The van der Waals surface area contributed by atoms with Gasteiger partial charge in [-0.1, -0.05) is 36.4 Å². The highest BCUT2D eigenvalue weighted by molar-refractivity contribution is 5.81. The van der Waals surface area contributed by atoms with Crippen molar-refractivity contribution in [3.8, 4) is 0 Å². The van der Waals surface area contributed by atoms with Crippen LogP contribution in [0.25, 0.3) is 21.8 Å². The molecular formula is C23H19N3. The molecule has 0 saturated carbocycles. The zero-order chi connectivity index (χ0) is 17.3. The van der Waals surface area contributed by atoms with E-state index in [2.05, 4.69) is 87.7 Å². The molecule has 0 amide bonds. The Morgan fingerprint density at radius 1 is 0.731 bits per heavy atom. The van der Waals surface area contributed by atoms with Crippen LogP contribution in [0.2, 0.25) is 0 Å². The van der Waals surface area contributed by atoms with Gasteiger partial charge in [-0.3, -0.25) is 4.98 Å². The van der Waals surface area contributed by atoms with Crippen molar-refractivity contribution < 1.29 is 0 Å². The number of fused-ring (bicyclic) bond motifs is 2. The highest BCUT2D eigenvalue weighted by atomic mass is 14.7. The molecule has 0 saturated heterocycles. The molecule has 0 aliphatic carbocycles.